The molecule has 45 heavy (non-hydrogen) atoms. The minimum absolute atomic E-state index is 0.0596. The zero-order valence-corrected chi connectivity index (χ0v) is 28.0. The van der Waals surface area contributed by atoms with Crippen molar-refractivity contribution in [3.63, 3.8) is 0 Å². The Morgan fingerprint density at radius 1 is 0.978 bits per heavy atom. The van der Waals surface area contributed by atoms with Crippen molar-refractivity contribution in [3.05, 3.63) is 78.4 Å². The Morgan fingerprint density at radius 3 is 2.29 bits per heavy atom. The highest BCUT2D eigenvalue weighted by atomic mass is 32.2. The molecule has 0 radical (unpaired) electrons. The minimum atomic E-state index is -4.17. The summed E-state index contributed by atoms with van der Waals surface area (Å²) in [5, 5.41) is 3.13. The number of hydrogen-bond acceptors (Lipinski definition) is 7. The Morgan fingerprint density at radius 2 is 1.67 bits per heavy atom. The van der Waals surface area contributed by atoms with Crippen LogP contribution in [0.3, 0.4) is 0 Å². The molecule has 1 saturated carbocycles. The average Bonchev–Trinajstić information content (AvgIpc) is 3.06. The lowest BCUT2D eigenvalue weighted by atomic mass is 9.95. The van der Waals surface area contributed by atoms with Crippen LogP contribution in [0.25, 0.3) is 0 Å². The number of methoxy groups -OCH3 is 1. The molecule has 3 aromatic rings. The molecule has 1 atom stereocenters. The summed E-state index contributed by atoms with van der Waals surface area (Å²) < 4.78 is 40.3. The number of rotatable bonds is 14. The van der Waals surface area contributed by atoms with Crippen molar-refractivity contribution >= 4 is 39.3 Å². The van der Waals surface area contributed by atoms with Gasteiger partial charge in [0, 0.05) is 17.5 Å². The number of nitrogens with zero attached hydrogens (tertiary/aromatic N) is 2. The molecule has 2 amide bonds. The van der Waals surface area contributed by atoms with Gasteiger partial charge in [0.05, 0.1) is 24.3 Å². The van der Waals surface area contributed by atoms with E-state index in [1.54, 1.807) is 74.7 Å². The number of amides is 2. The van der Waals surface area contributed by atoms with Crippen molar-refractivity contribution in [2.75, 3.05) is 30.8 Å². The first-order valence-electron chi connectivity index (χ1n) is 15.3. The maximum atomic E-state index is 14.3. The second-order valence-corrected chi connectivity index (χ2v) is 13.7. The average molecular weight is 654 g/mol. The molecule has 0 spiro atoms. The molecule has 1 aliphatic carbocycles. The van der Waals surface area contributed by atoms with Gasteiger partial charge in [-0.25, -0.2) is 8.42 Å². The molecule has 1 N–H and O–H groups in total. The standard InChI is InChI=1S/C34H43N3O6S2/c1-5-43-29-16-14-28(15-17-29)37(45(40,41)32-20-18-31(44-4)19-21-32)24-33(38)36(23-26-10-9-13-30(22-26)42-3)25(2)34(39)35-27-11-7-6-8-12-27/h9-10,13-22,25,27H,5-8,11-12,23-24H2,1-4H3,(H,35,39)/t25-/m0/s1. The Bertz CT molecular complexity index is 1520. The molecule has 0 aromatic heterocycles. The molecule has 0 aliphatic heterocycles. The van der Waals surface area contributed by atoms with Gasteiger partial charge in [0.2, 0.25) is 11.8 Å². The van der Waals surface area contributed by atoms with E-state index in [9.17, 15) is 18.0 Å². The Hall–Kier alpha value is -3.70. The number of anilines is 1. The lowest BCUT2D eigenvalue weighted by molar-refractivity contribution is -0.139. The topological polar surface area (TPSA) is 105 Å². The highest BCUT2D eigenvalue weighted by molar-refractivity contribution is 7.98. The molecule has 0 saturated heterocycles. The first-order valence-corrected chi connectivity index (χ1v) is 17.9. The van der Waals surface area contributed by atoms with Gasteiger partial charge in [0.25, 0.3) is 10.0 Å². The first-order chi connectivity index (χ1) is 21.7. The van der Waals surface area contributed by atoms with Gasteiger partial charge in [0.1, 0.15) is 24.1 Å². The lowest BCUT2D eigenvalue weighted by Crippen LogP contribution is -2.53. The van der Waals surface area contributed by atoms with Crippen molar-refractivity contribution in [1.82, 2.24) is 10.2 Å². The molecule has 3 aromatic carbocycles. The molecule has 0 heterocycles. The van der Waals surface area contributed by atoms with Gasteiger partial charge in [-0.3, -0.25) is 13.9 Å². The smallest absolute Gasteiger partial charge is 0.264 e. The molecule has 0 unspecified atom stereocenters. The third-order valence-corrected chi connectivity index (χ3v) is 10.5. The SMILES string of the molecule is CCOc1ccc(N(CC(=O)N(Cc2cccc(OC)c2)[C@@H](C)C(=O)NC2CCCCC2)S(=O)(=O)c2ccc(SC)cc2)cc1. The van der Waals surface area contributed by atoms with Crippen LogP contribution >= 0.6 is 11.8 Å². The zero-order valence-electron chi connectivity index (χ0n) is 26.4. The largest absolute Gasteiger partial charge is 0.497 e. The summed E-state index contributed by atoms with van der Waals surface area (Å²) in [6, 6.07) is 19.7. The van der Waals surface area contributed by atoms with Crippen LogP contribution in [0.1, 0.15) is 51.5 Å². The van der Waals surface area contributed by atoms with Gasteiger partial charge >= 0.3 is 0 Å². The van der Waals surface area contributed by atoms with E-state index < -0.39 is 28.5 Å². The minimum Gasteiger partial charge on any atom is -0.497 e. The number of ether oxygens (including phenoxy) is 2. The number of carbonyl (C=O) groups excluding carboxylic acids is 2. The summed E-state index contributed by atoms with van der Waals surface area (Å²) in [4.78, 5) is 30.2. The number of carbonyl (C=O) groups is 2. The van der Waals surface area contributed by atoms with Crippen molar-refractivity contribution in [1.29, 1.82) is 0 Å². The normalized spacial score (nSPS) is 14.3. The van der Waals surface area contributed by atoms with E-state index in [-0.39, 0.29) is 23.4 Å². The third-order valence-electron chi connectivity index (χ3n) is 7.97. The Kier molecular flexibility index (Phi) is 12.2. The van der Waals surface area contributed by atoms with Crippen LogP contribution in [0.5, 0.6) is 11.5 Å². The maximum Gasteiger partial charge on any atom is 0.264 e. The van der Waals surface area contributed by atoms with E-state index in [1.165, 1.54) is 16.7 Å². The van der Waals surface area contributed by atoms with Gasteiger partial charge < -0.3 is 19.7 Å². The first kappa shape index (κ1) is 34.2. The summed E-state index contributed by atoms with van der Waals surface area (Å²) >= 11 is 1.51. The second-order valence-electron chi connectivity index (χ2n) is 11.0. The highest BCUT2D eigenvalue weighted by Gasteiger charge is 2.33. The molecular weight excluding hydrogens is 611 g/mol. The van der Waals surface area contributed by atoms with Crippen molar-refractivity contribution in [2.24, 2.45) is 0 Å². The van der Waals surface area contributed by atoms with Crippen LogP contribution in [0.4, 0.5) is 5.69 Å². The molecule has 1 aliphatic rings. The van der Waals surface area contributed by atoms with Crippen LogP contribution in [0.2, 0.25) is 0 Å². The summed E-state index contributed by atoms with van der Waals surface area (Å²) in [7, 11) is -2.61. The van der Waals surface area contributed by atoms with E-state index in [1.807, 2.05) is 25.3 Å². The molecule has 1 fully saturated rings. The van der Waals surface area contributed by atoms with Crippen molar-refractivity contribution in [3.8, 4) is 11.5 Å². The quantitative estimate of drug-likeness (QED) is 0.217. The molecule has 4 rings (SSSR count). The van der Waals surface area contributed by atoms with Gasteiger partial charge in [-0.2, -0.15) is 0 Å². The maximum absolute atomic E-state index is 14.3. The predicted molar refractivity (Wildman–Crippen MR) is 178 cm³/mol. The summed E-state index contributed by atoms with van der Waals surface area (Å²) in [5.74, 6) is 0.428. The third kappa shape index (κ3) is 8.94. The van der Waals surface area contributed by atoms with Crippen molar-refractivity contribution in [2.45, 2.75) is 74.4 Å². The number of benzene rings is 3. The Balaban J connectivity index is 1.69. The molecule has 242 valence electrons. The zero-order chi connectivity index (χ0) is 32.4. The monoisotopic (exact) mass is 653 g/mol. The van der Waals surface area contributed by atoms with E-state index in [0.29, 0.717) is 23.8 Å². The number of hydrogen-bond donors (Lipinski definition) is 1. The van der Waals surface area contributed by atoms with E-state index >= 15 is 0 Å². The van der Waals surface area contributed by atoms with Gasteiger partial charge in [0.15, 0.2) is 0 Å². The Labute approximate surface area is 271 Å². The molecule has 0 bridgehead atoms. The number of nitrogens with one attached hydrogen (secondary N) is 1. The fraction of sp³-hybridized carbons (Fsp3) is 0.412. The number of thioether (sulfide) groups is 1. The van der Waals surface area contributed by atoms with E-state index in [2.05, 4.69) is 5.32 Å². The van der Waals surface area contributed by atoms with Crippen LogP contribution in [0, 0.1) is 0 Å². The summed E-state index contributed by atoms with van der Waals surface area (Å²) in [6.07, 6.45) is 6.98. The van der Waals surface area contributed by atoms with Crippen LogP contribution in [0.15, 0.2) is 82.6 Å². The summed E-state index contributed by atoms with van der Waals surface area (Å²) in [5.41, 5.74) is 1.06. The van der Waals surface area contributed by atoms with Crippen molar-refractivity contribution < 1.29 is 27.5 Å². The molecular formula is C34H43N3O6S2. The molecule has 9 nitrogen and oxygen atoms in total. The van der Waals surface area contributed by atoms with Gasteiger partial charge in [-0.15, -0.1) is 11.8 Å². The predicted octanol–water partition coefficient (Wildman–Crippen LogP) is 5.88. The lowest BCUT2D eigenvalue weighted by Gasteiger charge is -2.33. The molecule has 11 heteroatoms. The van der Waals surface area contributed by atoms with Crippen LogP contribution < -0.4 is 19.1 Å². The second kappa shape index (κ2) is 16.0. The van der Waals surface area contributed by atoms with Gasteiger partial charge in [-0.1, -0.05) is 31.4 Å². The number of sulfonamides is 1. The van der Waals surface area contributed by atoms with E-state index in [4.69, 9.17) is 9.47 Å². The van der Waals surface area contributed by atoms with Crippen LogP contribution in [-0.4, -0.2) is 63.7 Å². The highest BCUT2D eigenvalue weighted by Crippen LogP contribution is 2.28. The van der Waals surface area contributed by atoms with Crippen LogP contribution in [-0.2, 0) is 26.2 Å². The van der Waals surface area contributed by atoms with Gasteiger partial charge in [-0.05, 0) is 99.2 Å². The summed E-state index contributed by atoms with van der Waals surface area (Å²) in [6.45, 7) is 3.60. The fourth-order valence-corrected chi connectivity index (χ4v) is 7.22. The van der Waals surface area contributed by atoms with E-state index in [0.717, 1.165) is 46.9 Å². The fourth-order valence-electron chi connectivity index (χ4n) is 5.40.